The summed E-state index contributed by atoms with van der Waals surface area (Å²) in [5.74, 6) is 0.439. The number of anilines is 3. The standard InChI is InChI=1S/C27H27ClFN9OS/c28-16-10-15-22(20(29)19(16)14-2-1-3-18-21(14)33-25(30)40-18)34-26(35-23(15)36-6-4-31-5-7-36)37-8-9-38-24(37)17(39)11-27(38)12-32-13-27/h1-3,8-10,17,24,31-32,39H,4-7,11-13H2,(H2,30,33). The van der Waals surface area contributed by atoms with Crippen LogP contribution in [0.1, 0.15) is 6.42 Å². The molecule has 4 aliphatic heterocycles. The molecule has 4 aromatic rings. The van der Waals surface area contributed by atoms with Crippen LogP contribution in [0.2, 0.25) is 5.02 Å². The molecule has 1 spiro atoms. The van der Waals surface area contributed by atoms with Gasteiger partial charge in [-0.2, -0.15) is 4.98 Å². The molecule has 4 aliphatic rings. The van der Waals surface area contributed by atoms with E-state index in [1.807, 2.05) is 29.4 Å². The van der Waals surface area contributed by atoms with E-state index in [4.69, 9.17) is 27.3 Å². The van der Waals surface area contributed by atoms with Crippen molar-refractivity contribution in [1.29, 1.82) is 0 Å². The molecule has 13 heteroatoms. The van der Waals surface area contributed by atoms with Crippen molar-refractivity contribution < 1.29 is 9.50 Å². The molecule has 0 amide bonds. The molecule has 2 aromatic carbocycles. The number of thiazole rings is 1. The number of nitrogen functional groups attached to an aromatic ring is 1. The molecule has 6 heterocycles. The maximum absolute atomic E-state index is 16.7. The predicted octanol–water partition coefficient (Wildman–Crippen LogP) is 2.72. The second-order valence-electron chi connectivity index (χ2n) is 10.9. The van der Waals surface area contributed by atoms with E-state index in [2.05, 4.69) is 25.4 Å². The van der Waals surface area contributed by atoms with Gasteiger partial charge in [-0.3, -0.25) is 4.90 Å². The van der Waals surface area contributed by atoms with Crippen LogP contribution < -0.4 is 26.2 Å². The summed E-state index contributed by atoms with van der Waals surface area (Å²) in [6.07, 6.45) is 3.59. The zero-order chi connectivity index (χ0) is 27.2. The number of para-hydroxylation sites is 1. The largest absolute Gasteiger partial charge is 0.389 e. The van der Waals surface area contributed by atoms with Crippen molar-refractivity contribution in [2.45, 2.75) is 24.2 Å². The number of aliphatic hydroxyl groups excluding tert-OH is 1. The van der Waals surface area contributed by atoms with Gasteiger partial charge in [0.05, 0.1) is 26.9 Å². The lowest BCUT2D eigenvalue weighted by molar-refractivity contribution is 0.105. The topological polar surface area (TPSA) is 119 Å². The number of piperazine rings is 1. The van der Waals surface area contributed by atoms with Crippen molar-refractivity contribution in [3.8, 4) is 11.1 Å². The highest BCUT2D eigenvalue weighted by molar-refractivity contribution is 7.22. The van der Waals surface area contributed by atoms with Crippen LogP contribution in [0.4, 0.5) is 21.3 Å². The Hall–Kier alpha value is -3.29. The van der Waals surface area contributed by atoms with Gasteiger partial charge in [-0.25, -0.2) is 14.4 Å². The Labute approximate surface area is 238 Å². The molecule has 2 atom stereocenters. The van der Waals surface area contributed by atoms with Crippen LogP contribution in [0.5, 0.6) is 0 Å². The smallest absolute Gasteiger partial charge is 0.233 e. The van der Waals surface area contributed by atoms with Crippen LogP contribution in [0.3, 0.4) is 0 Å². The highest BCUT2D eigenvalue weighted by Crippen LogP contribution is 2.45. The first kappa shape index (κ1) is 24.5. The molecule has 206 valence electrons. The summed E-state index contributed by atoms with van der Waals surface area (Å²) in [7, 11) is 0. The molecule has 0 aliphatic carbocycles. The third kappa shape index (κ3) is 3.46. The molecule has 2 aromatic heterocycles. The molecule has 40 heavy (non-hydrogen) atoms. The van der Waals surface area contributed by atoms with Gasteiger partial charge >= 0.3 is 0 Å². The molecule has 0 radical (unpaired) electrons. The molecular weight excluding hydrogens is 553 g/mol. The number of nitrogens with two attached hydrogens (primary N) is 1. The van der Waals surface area contributed by atoms with Crippen molar-refractivity contribution in [1.82, 2.24) is 30.5 Å². The Kier molecular flexibility index (Phi) is 5.42. The number of nitrogens with one attached hydrogen (secondary N) is 2. The molecule has 0 saturated carbocycles. The van der Waals surface area contributed by atoms with Crippen LogP contribution in [-0.2, 0) is 0 Å². The lowest BCUT2D eigenvalue weighted by atomic mass is 9.89. The van der Waals surface area contributed by atoms with E-state index in [0.29, 0.717) is 52.9 Å². The molecule has 8 rings (SSSR count). The van der Waals surface area contributed by atoms with Gasteiger partial charge in [0.15, 0.2) is 10.9 Å². The van der Waals surface area contributed by atoms with E-state index < -0.39 is 11.9 Å². The fourth-order valence-electron chi connectivity index (χ4n) is 6.60. The average molecular weight is 580 g/mol. The first-order valence-corrected chi connectivity index (χ1v) is 14.6. The second-order valence-corrected chi connectivity index (χ2v) is 12.3. The Morgan fingerprint density at radius 3 is 2.70 bits per heavy atom. The SMILES string of the molecule is Nc1nc2c(-c3c(Cl)cc4c(N5CCNCC5)nc(N5C=CN6C5C(O)CC65CNC5)nc4c3F)cccc2s1. The molecule has 10 nitrogen and oxygen atoms in total. The number of aliphatic hydroxyl groups is 1. The molecule has 2 unspecified atom stereocenters. The van der Waals surface area contributed by atoms with E-state index in [0.717, 1.165) is 30.9 Å². The fraction of sp³-hybridized carbons (Fsp3) is 0.370. The van der Waals surface area contributed by atoms with Crippen LogP contribution in [0.15, 0.2) is 36.7 Å². The van der Waals surface area contributed by atoms with Gasteiger partial charge in [0.25, 0.3) is 0 Å². The molecule has 0 bridgehead atoms. The number of fused-ring (bicyclic) bond motifs is 4. The van der Waals surface area contributed by atoms with E-state index in [9.17, 15) is 5.11 Å². The average Bonchev–Trinajstić information content (AvgIpc) is 3.62. The van der Waals surface area contributed by atoms with E-state index >= 15 is 4.39 Å². The third-order valence-corrected chi connectivity index (χ3v) is 9.70. The zero-order valence-electron chi connectivity index (χ0n) is 21.4. The Morgan fingerprint density at radius 1 is 1.10 bits per heavy atom. The summed E-state index contributed by atoms with van der Waals surface area (Å²) < 4.78 is 17.6. The zero-order valence-corrected chi connectivity index (χ0v) is 23.0. The lowest BCUT2D eigenvalue weighted by Crippen LogP contribution is -2.65. The number of halogens is 2. The van der Waals surface area contributed by atoms with Gasteiger partial charge in [0, 0.05) is 74.6 Å². The minimum Gasteiger partial charge on any atom is -0.389 e. The minimum absolute atomic E-state index is 0.118. The summed E-state index contributed by atoms with van der Waals surface area (Å²) in [6.45, 7) is 4.63. The van der Waals surface area contributed by atoms with Crippen molar-refractivity contribution in [2.75, 3.05) is 54.8 Å². The quantitative estimate of drug-likeness (QED) is 0.288. The van der Waals surface area contributed by atoms with Gasteiger partial charge < -0.3 is 31.3 Å². The molecule has 5 N–H and O–H groups in total. The highest BCUT2D eigenvalue weighted by Gasteiger charge is 2.57. The number of rotatable bonds is 3. The van der Waals surface area contributed by atoms with Crippen LogP contribution in [0, 0.1) is 5.82 Å². The van der Waals surface area contributed by atoms with Crippen molar-refractivity contribution in [2.24, 2.45) is 0 Å². The number of aromatic nitrogens is 3. The lowest BCUT2D eigenvalue weighted by Gasteiger charge is -2.46. The van der Waals surface area contributed by atoms with E-state index in [1.54, 1.807) is 12.1 Å². The summed E-state index contributed by atoms with van der Waals surface area (Å²) >= 11 is 8.17. The molecule has 3 fully saturated rings. The summed E-state index contributed by atoms with van der Waals surface area (Å²) in [6, 6.07) is 7.32. The van der Waals surface area contributed by atoms with E-state index in [-0.39, 0.29) is 27.8 Å². The summed E-state index contributed by atoms with van der Waals surface area (Å²) in [4.78, 5) is 20.5. The van der Waals surface area contributed by atoms with Gasteiger partial charge in [0.2, 0.25) is 5.95 Å². The monoisotopic (exact) mass is 579 g/mol. The Bertz CT molecular complexity index is 1700. The van der Waals surface area contributed by atoms with Crippen molar-refractivity contribution in [3.05, 3.63) is 47.5 Å². The third-order valence-electron chi connectivity index (χ3n) is 8.55. The second kappa shape index (κ2) is 8.85. The van der Waals surface area contributed by atoms with Gasteiger partial charge in [0.1, 0.15) is 17.5 Å². The Morgan fingerprint density at radius 2 is 1.93 bits per heavy atom. The maximum Gasteiger partial charge on any atom is 0.233 e. The number of hydrogen-bond donors (Lipinski definition) is 4. The number of benzene rings is 2. The van der Waals surface area contributed by atoms with Gasteiger partial charge in [-0.05, 0) is 12.1 Å². The van der Waals surface area contributed by atoms with Crippen LogP contribution in [0.25, 0.3) is 32.2 Å². The minimum atomic E-state index is -0.600. The fourth-order valence-corrected chi connectivity index (χ4v) is 7.66. The van der Waals surface area contributed by atoms with Crippen molar-refractivity contribution in [3.63, 3.8) is 0 Å². The summed E-state index contributed by atoms with van der Waals surface area (Å²) in [5, 5.41) is 19.0. The first-order valence-electron chi connectivity index (χ1n) is 13.4. The van der Waals surface area contributed by atoms with E-state index in [1.165, 1.54) is 11.3 Å². The number of hydrogen-bond acceptors (Lipinski definition) is 11. The maximum atomic E-state index is 16.7. The molecule has 3 saturated heterocycles. The van der Waals surface area contributed by atoms with Gasteiger partial charge in [-0.15, -0.1) is 0 Å². The summed E-state index contributed by atoms with van der Waals surface area (Å²) in [5.41, 5.74) is 7.46. The molecular formula is C27H27ClFN9OS. The van der Waals surface area contributed by atoms with Crippen molar-refractivity contribution >= 4 is 61.0 Å². The highest BCUT2D eigenvalue weighted by atomic mass is 35.5. The first-order chi connectivity index (χ1) is 19.4. The Balaban J connectivity index is 1.33. The normalized spacial score (nSPS) is 23.5. The van der Waals surface area contributed by atoms with Gasteiger partial charge in [-0.1, -0.05) is 35.1 Å². The predicted molar refractivity (Wildman–Crippen MR) is 156 cm³/mol. The number of nitrogens with zero attached hydrogens (tertiary/aromatic N) is 6. The van der Waals surface area contributed by atoms with Crippen LogP contribution in [-0.4, -0.2) is 82.0 Å². The van der Waals surface area contributed by atoms with Crippen LogP contribution >= 0.6 is 22.9 Å².